The molecule has 0 spiro atoms. The second kappa shape index (κ2) is 4.44. The van der Waals surface area contributed by atoms with Crippen molar-refractivity contribution in [2.75, 3.05) is 6.61 Å². The second-order valence-corrected chi connectivity index (χ2v) is 2.01. The van der Waals surface area contributed by atoms with Crippen LogP contribution in [0.5, 0.6) is 5.88 Å². The number of nitrogens with zero attached hydrogens (tertiary/aromatic N) is 1. The smallest absolute Gasteiger partial charge is 0.213 e. The van der Waals surface area contributed by atoms with Gasteiger partial charge in [0.05, 0.1) is 6.61 Å². The zero-order chi connectivity index (χ0) is 7.94. The molecule has 3 heteroatoms. The van der Waals surface area contributed by atoms with Crippen LogP contribution in [0.1, 0.15) is 6.42 Å². The molecule has 0 atom stereocenters. The van der Waals surface area contributed by atoms with Crippen molar-refractivity contribution >= 4 is 6.21 Å². The highest BCUT2D eigenvalue weighted by Gasteiger charge is 1.89. The molecule has 1 aromatic heterocycles. The Balaban J connectivity index is 2.33. The Morgan fingerprint density at radius 3 is 3.09 bits per heavy atom. The van der Waals surface area contributed by atoms with Gasteiger partial charge in [-0.25, -0.2) is 4.98 Å². The molecule has 0 amide bonds. The summed E-state index contributed by atoms with van der Waals surface area (Å²) in [4.78, 5) is 3.95. The van der Waals surface area contributed by atoms with Gasteiger partial charge in [0, 0.05) is 18.7 Å². The van der Waals surface area contributed by atoms with Crippen LogP contribution < -0.4 is 4.74 Å². The number of hydrogen-bond acceptors (Lipinski definition) is 3. The first kappa shape index (κ1) is 7.72. The molecule has 0 aliphatic rings. The highest BCUT2D eigenvalue weighted by molar-refractivity contribution is 5.52. The fourth-order valence-corrected chi connectivity index (χ4v) is 0.655. The predicted molar refractivity (Wildman–Crippen MR) is 43.1 cm³/mol. The highest BCUT2D eigenvalue weighted by Crippen LogP contribution is 2.02. The lowest BCUT2D eigenvalue weighted by Crippen LogP contribution is -1.98. The second-order valence-electron chi connectivity index (χ2n) is 2.01. The van der Waals surface area contributed by atoms with Crippen molar-refractivity contribution in [2.24, 2.45) is 0 Å². The predicted octanol–water partition coefficient (Wildman–Crippen LogP) is 1.50. The van der Waals surface area contributed by atoms with Crippen molar-refractivity contribution in [1.82, 2.24) is 4.98 Å². The molecular formula is C8H10N2O. The lowest BCUT2D eigenvalue weighted by molar-refractivity contribution is 0.317. The molecule has 0 aliphatic heterocycles. The van der Waals surface area contributed by atoms with Gasteiger partial charge in [-0.05, 0) is 12.3 Å². The largest absolute Gasteiger partial charge is 0.477 e. The van der Waals surface area contributed by atoms with E-state index in [4.69, 9.17) is 10.1 Å². The summed E-state index contributed by atoms with van der Waals surface area (Å²) in [6.45, 7) is 0.528. The van der Waals surface area contributed by atoms with Gasteiger partial charge < -0.3 is 10.1 Å². The Morgan fingerprint density at radius 2 is 2.45 bits per heavy atom. The lowest BCUT2D eigenvalue weighted by atomic mass is 10.5. The summed E-state index contributed by atoms with van der Waals surface area (Å²) in [6, 6.07) is 5.50. The van der Waals surface area contributed by atoms with Crippen molar-refractivity contribution in [2.45, 2.75) is 6.42 Å². The molecular weight excluding hydrogens is 140 g/mol. The van der Waals surface area contributed by atoms with E-state index in [0.29, 0.717) is 18.9 Å². The maximum Gasteiger partial charge on any atom is 0.213 e. The summed E-state index contributed by atoms with van der Waals surface area (Å²) >= 11 is 0. The number of aromatic nitrogens is 1. The first-order chi connectivity index (χ1) is 5.43. The molecule has 0 bridgehead atoms. The monoisotopic (exact) mass is 150 g/mol. The Bertz CT molecular complexity index is 211. The molecule has 0 fully saturated rings. The standard InChI is InChI=1S/C8H10N2O/c9-5-3-7-11-8-4-1-2-6-10-8/h1-2,4-6,9H,3,7H2. The third kappa shape index (κ3) is 2.80. The zero-order valence-electron chi connectivity index (χ0n) is 6.16. The fraction of sp³-hybridized carbons (Fsp3) is 0.250. The molecule has 0 unspecified atom stereocenters. The van der Waals surface area contributed by atoms with Crippen LogP contribution in [0.4, 0.5) is 0 Å². The van der Waals surface area contributed by atoms with Gasteiger partial charge in [-0.2, -0.15) is 0 Å². The molecule has 1 rings (SSSR count). The van der Waals surface area contributed by atoms with Crippen molar-refractivity contribution in [3.8, 4) is 5.88 Å². The molecule has 0 saturated heterocycles. The molecule has 0 aromatic carbocycles. The van der Waals surface area contributed by atoms with E-state index in [9.17, 15) is 0 Å². The molecule has 58 valence electrons. The Labute approximate surface area is 65.5 Å². The van der Waals surface area contributed by atoms with Gasteiger partial charge in [-0.3, -0.25) is 0 Å². The van der Waals surface area contributed by atoms with E-state index in [1.54, 1.807) is 12.3 Å². The first-order valence-corrected chi connectivity index (χ1v) is 3.46. The van der Waals surface area contributed by atoms with Crippen molar-refractivity contribution in [3.63, 3.8) is 0 Å². The van der Waals surface area contributed by atoms with Gasteiger partial charge in [0.1, 0.15) is 0 Å². The number of nitrogens with one attached hydrogen (secondary N) is 1. The van der Waals surface area contributed by atoms with Crippen LogP contribution in [0.15, 0.2) is 24.4 Å². The van der Waals surface area contributed by atoms with Crippen LogP contribution in [0.2, 0.25) is 0 Å². The summed E-state index contributed by atoms with van der Waals surface area (Å²) in [6.07, 6.45) is 3.64. The number of hydrogen-bond donors (Lipinski definition) is 1. The summed E-state index contributed by atoms with van der Waals surface area (Å²) in [5.41, 5.74) is 0. The van der Waals surface area contributed by atoms with Crippen molar-refractivity contribution < 1.29 is 4.74 Å². The third-order valence-electron chi connectivity index (χ3n) is 1.15. The van der Waals surface area contributed by atoms with E-state index in [1.807, 2.05) is 12.1 Å². The Morgan fingerprint density at radius 1 is 1.55 bits per heavy atom. The Hall–Kier alpha value is -1.38. The first-order valence-electron chi connectivity index (χ1n) is 3.46. The minimum atomic E-state index is 0.528. The fourth-order valence-electron chi connectivity index (χ4n) is 0.655. The maximum atomic E-state index is 6.74. The molecule has 0 saturated carbocycles. The summed E-state index contributed by atoms with van der Waals surface area (Å²) in [5.74, 6) is 0.620. The van der Waals surface area contributed by atoms with E-state index in [1.165, 1.54) is 6.21 Å². The summed E-state index contributed by atoms with van der Waals surface area (Å²) < 4.78 is 5.18. The third-order valence-corrected chi connectivity index (χ3v) is 1.15. The molecule has 1 N–H and O–H groups in total. The minimum absolute atomic E-state index is 0.528. The zero-order valence-corrected chi connectivity index (χ0v) is 6.16. The quantitative estimate of drug-likeness (QED) is 0.522. The van der Waals surface area contributed by atoms with E-state index in [-0.39, 0.29) is 0 Å². The van der Waals surface area contributed by atoms with Crippen LogP contribution in [0.25, 0.3) is 0 Å². The van der Waals surface area contributed by atoms with Gasteiger partial charge in [-0.15, -0.1) is 0 Å². The van der Waals surface area contributed by atoms with Crippen molar-refractivity contribution in [1.29, 1.82) is 5.41 Å². The molecule has 0 aliphatic carbocycles. The normalized spacial score (nSPS) is 9.09. The SMILES string of the molecule is N=CCCOc1ccccn1. The van der Waals surface area contributed by atoms with Gasteiger partial charge in [-0.1, -0.05) is 6.07 Å². The van der Waals surface area contributed by atoms with Gasteiger partial charge >= 0.3 is 0 Å². The average molecular weight is 150 g/mol. The molecule has 11 heavy (non-hydrogen) atoms. The maximum absolute atomic E-state index is 6.74. The van der Waals surface area contributed by atoms with E-state index in [0.717, 1.165) is 0 Å². The summed E-state index contributed by atoms with van der Waals surface area (Å²) in [7, 11) is 0. The van der Waals surface area contributed by atoms with Crippen LogP contribution >= 0.6 is 0 Å². The topological polar surface area (TPSA) is 46.0 Å². The lowest BCUT2D eigenvalue weighted by Gasteiger charge is -2.00. The van der Waals surface area contributed by atoms with E-state index >= 15 is 0 Å². The van der Waals surface area contributed by atoms with Crippen LogP contribution in [0.3, 0.4) is 0 Å². The van der Waals surface area contributed by atoms with Crippen LogP contribution in [0, 0.1) is 5.41 Å². The summed E-state index contributed by atoms with van der Waals surface area (Å²) in [5, 5.41) is 6.74. The van der Waals surface area contributed by atoms with Crippen LogP contribution in [-0.2, 0) is 0 Å². The van der Waals surface area contributed by atoms with Crippen molar-refractivity contribution in [3.05, 3.63) is 24.4 Å². The average Bonchev–Trinajstić information content (AvgIpc) is 2.07. The number of rotatable bonds is 4. The molecule has 1 aromatic rings. The van der Waals surface area contributed by atoms with Gasteiger partial charge in [0.15, 0.2) is 0 Å². The Kier molecular flexibility index (Phi) is 3.12. The van der Waals surface area contributed by atoms with Gasteiger partial charge in [0.2, 0.25) is 5.88 Å². The molecule has 0 radical (unpaired) electrons. The molecule has 3 nitrogen and oxygen atoms in total. The van der Waals surface area contributed by atoms with Crippen LogP contribution in [-0.4, -0.2) is 17.8 Å². The van der Waals surface area contributed by atoms with E-state index < -0.39 is 0 Å². The van der Waals surface area contributed by atoms with E-state index in [2.05, 4.69) is 4.98 Å². The van der Waals surface area contributed by atoms with Gasteiger partial charge in [0.25, 0.3) is 0 Å². The highest BCUT2D eigenvalue weighted by atomic mass is 16.5. The minimum Gasteiger partial charge on any atom is -0.477 e. The number of pyridine rings is 1. The molecule has 1 heterocycles. The number of ether oxygens (including phenoxy) is 1.